The predicted octanol–water partition coefficient (Wildman–Crippen LogP) is 5.01. The third-order valence-electron chi connectivity index (χ3n) is 3.80. The Balaban J connectivity index is 1.40. The molecule has 126 valence electrons. The summed E-state index contributed by atoms with van der Waals surface area (Å²) in [6.07, 6.45) is 1.61. The Hall–Kier alpha value is -3.07. The predicted molar refractivity (Wildman–Crippen MR) is 99.3 cm³/mol. The second-order valence-electron chi connectivity index (χ2n) is 5.63. The molecule has 3 heteroatoms. The van der Waals surface area contributed by atoms with Gasteiger partial charge in [0.15, 0.2) is 0 Å². The van der Waals surface area contributed by atoms with Gasteiger partial charge in [0.1, 0.15) is 17.8 Å². The van der Waals surface area contributed by atoms with Crippen molar-refractivity contribution in [3.63, 3.8) is 0 Å². The van der Waals surface area contributed by atoms with Gasteiger partial charge in [0.05, 0.1) is 13.2 Å². The van der Waals surface area contributed by atoms with E-state index >= 15 is 0 Å². The van der Waals surface area contributed by atoms with E-state index in [1.54, 1.807) is 24.3 Å². The summed E-state index contributed by atoms with van der Waals surface area (Å²) in [5.41, 5.74) is 3.02. The van der Waals surface area contributed by atoms with Crippen LogP contribution < -0.4 is 9.47 Å². The lowest BCUT2D eigenvalue weighted by molar-refractivity contribution is 0.112. The minimum absolute atomic E-state index is 0.572. The molecule has 0 radical (unpaired) electrons. The molecule has 0 aliphatic carbocycles. The van der Waals surface area contributed by atoms with Gasteiger partial charge in [-0.1, -0.05) is 42.5 Å². The maximum Gasteiger partial charge on any atom is 0.150 e. The highest BCUT2D eigenvalue weighted by molar-refractivity contribution is 5.74. The van der Waals surface area contributed by atoms with Gasteiger partial charge in [0.2, 0.25) is 0 Å². The maximum atomic E-state index is 10.6. The van der Waals surface area contributed by atoms with Gasteiger partial charge in [0.25, 0.3) is 0 Å². The zero-order valence-electron chi connectivity index (χ0n) is 13.9. The number of rotatable bonds is 8. The Bertz CT molecular complexity index is 778. The fourth-order valence-corrected chi connectivity index (χ4v) is 2.46. The summed E-state index contributed by atoms with van der Waals surface area (Å²) in [6.45, 7) is 1.17. The number of hydrogen-bond donors (Lipinski definition) is 0. The first kappa shape index (κ1) is 16.8. The summed E-state index contributed by atoms with van der Waals surface area (Å²) in [7, 11) is 0. The van der Waals surface area contributed by atoms with E-state index in [4.69, 9.17) is 9.47 Å². The minimum atomic E-state index is 0.572. The molecule has 0 aliphatic rings. The van der Waals surface area contributed by atoms with E-state index < -0.39 is 0 Å². The number of carbonyl (C=O) groups excluding carboxylic acids is 1. The van der Waals surface area contributed by atoms with Crippen molar-refractivity contribution in [3.8, 4) is 22.6 Å². The van der Waals surface area contributed by atoms with E-state index in [1.165, 1.54) is 11.1 Å². The molecule has 0 unspecified atom stereocenters. The second-order valence-corrected chi connectivity index (χ2v) is 5.63. The lowest BCUT2D eigenvalue weighted by Gasteiger charge is -2.09. The monoisotopic (exact) mass is 332 g/mol. The topological polar surface area (TPSA) is 35.5 Å². The average molecular weight is 332 g/mol. The minimum Gasteiger partial charge on any atom is -0.493 e. The molecule has 0 spiro atoms. The third kappa shape index (κ3) is 4.95. The Morgan fingerprint density at radius 2 is 1.16 bits per heavy atom. The van der Waals surface area contributed by atoms with E-state index in [0.717, 1.165) is 24.2 Å². The number of aldehydes is 1. The van der Waals surface area contributed by atoms with Crippen molar-refractivity contribution in [2.45, 2.75) is 6.42 Å². The van der Waals surface area contributed by atoms with Crippen molar-refractivity contribution in [3.05, 3.63) is 84.4 Å². The summed E-state index contributed by atoms with van der Waals surface area (Å²) in [4.78, 5) is 10.6. The number of ether oxygens (including phenoxy) is 2. The zero-order valence-corrected chi connectivity index (χ0v) is 13.9. The third-order valence-corrected chi connectivity index (χ3v) is 3.80. The summed E-state index contributed by atoms with van der Waals surface area (Å²) >= 11 is 0. The fourth-order valence-electron chi connectivity index (χ4n) is 2.46. The Kier molecular flexibility index (Phi) is 5.83. The summed E-state index contributed by atoms with van der Waals surface area (Å²) < 4.78 is 11.4. The smallest absolute Gasteiger partial charge is 0.150 e. The van der Waals surface area contributed by atoms with Gasteiger partial charge in [-0.3, -0.25) is 4.79 Å². The van der Waals surface area contributed by atoms with E-state index in [1.807, 2.05) is 30.3 Å². The van der Waals surface area contributed by atoms with Crippen LogP contribution in [0, 0.1) is 0 Å². The normalized spacial score (nSPS) is 10.2. The number of carbonyl (C=O) groups is 1. The highest BCUT2D eigenvalue weighted by Crippen LogP contribution is 2.22. The molecule has 0 N–H and O–H groups in total. The molecule has 0 amide bonds. The van der Waals surface area contributed by atoms with Crippen molar-refractivity contribution in [2.75, 3.05) is 13.2 Å². The van der Waals surface area contributed by atoms with Crippen LogP contribution in [0.15, 0.2) is 78.9 Å². The quantitative estimate of drug-likeness (QED) is 0.429. The van der Waals surface area contributed by atoms with Gasteiger partial charge in [-0.15, -0.1) is 0 Å². The van der Waals surface area contributed by atoms with Crippen molar-refractivity contribution < 1.29 is 14.3 Å². The highest BCUT2D eigenvalue weighted by atomic mass is 16.5. The molecule has 0 saturated carbocycles. The molecule has 0 heterocycles. The van der Waals surface area contributed by atoms with Crippen LogP contribution >= 0.6 is 0 Å². The highest BCUT2D eigenvalue weighted by Gasteiger charge is 1.99. The molecule has 0 fully saturated rings. The fraction of sp³-hybridized carbons (Fsp3) is 0.136. The lowest BCUT2D eigenvalue weighted by atomic mass is 10.1. The van der Waals surface area contributed by atoms with E-state index in [0.29, 0.717) is 18.8 Å². The first-order chi connectivity index (χ1) is 12.3. The SMILES string of the molecule is O=Cc1ccc(OCCCOc2ccc(-c3ccccc3)cc2)cc1. The first-order valence-corrected chi connectivity index (χ1v) is 8.31. The van der Waals surface area contributed by atoms with Crippen LogP contribution in [0.1, 0.15) is 16.8 Å². The van der Waals surface area contributed by atoms with Crippen LogP contribution in [0.25, 0.3) is 11.1 Å². The Morgan fingerprint density at radius 1 is 0.640 bits per heavy atom. The van der Waals surface area contributed by atoms with Gasteiger partial charge in [-0.05, 0) is 47.5 Å². The Labute approximate surface area is 147 Å². The summed E-state index contributed by atoms with van der Waals surface area (Å²) in [6, 6.07) is 25.5. The largest absolute Gasteiger partial charge is 0.493 e. The maximum absolute atomic E-state index is 10.6. The van der Waals surface area contributed by atoms with Gasteiger partial charge in [-0.25, -0.2) is 0 Å². The van der Waals surface area contributed by atoms with Gasteiger partial charge in [-0.2, -0.15) is 0 Å². The average Bonchev–Trinajstić information content (AvgIpc) is 2.69. The van der Waals surface area contributed by atoms with E-state index in [2.05, 4.69) is 24.3 Å². The summed E-state index contributed by atoms with van der Waals surface area (Å²) in [5, 5.41) is 0. The molecule has 25 heavy (non-hydrogen) atoms. The van der Waals surface area contributed by atoms with Crippen LogP contribution in [0.2, 0.25) is 0 Å². The van der Waals surface area contributed by atoms with Crippen molar-refractivity contribution in [1.82, 2.24) is 0 Å². The molecule has 0 aliphatic heterocycles. The lowest BCUT2D eigenvalue weighted by Crippen LogP contribution is -2.05. The molecule has 3 aromatic rings. The second kappa shape index (κ2) is 8.69. The van der Waals surface area contributed by atoms with E-state index in [9.17, 15) is 4.79 Å². The molecule has 3 aromatic carbocycles. The van der Waals surface area contributed by atoms with Crippen molar-refractivity contribution >= 4 is 6.29 Å². The van der Waals surface area contributed by atoms with Gasteiger partial charge < -0.3 is 9.47 Å². The first-order valence-electron chi connectivity index (χ1n) is 8.31. The zero-order chi connectivity index (χ0) is 17.3. The molecular weight excluding hydrogens is 312 g/mol. The van der Waals surface area contributed by atoms with Crippen molar-refractivity contribution in [2.24, 2.45) is 0 Å². The van der Waals surface area contributed by atoms with Crippen LogP contribution in [-0.2, 0) is 0 Å². The standard InChI is InChI=1S/C22H20O3/c23-17-18-7-11-21(12-8-18)24-15-4-16-25-22-13-9-20(10-14-22)19-5-2-1-3-6-19/h1-3,5-14,17H,4,15-16H2. The molecule has 0 aromatic heterocycles. The van der Waals surface area contributed by atoms with E-state index in [-0.39, 0.29) is 0 Å². The molecule has 0 bridgehead atoms. The van der Waals surface area contributed by atoms with Crippen LogP contribution in [0.5, 0.6) is 11.5 Å². The molecule has 3 rings (SSSR count). The molecule has 0 atom stereocenters. The van der Waals surface area contributed by atoms with Gasteiger partial charge in [0, 0.05) is 12.0 Å². The number of benzene rings is 3. The molecule has 0 saturated heterocycles. The van der Waals surface area contributed by atoms with Crippen LogP contribution in [0.4, 0.5) is 0 Å². The van der Waals surface area contributed by atoms with Crippen LogP contribution in [-0.4, -0.2) is 19.5 Å². The van der Waals surface area contributed by atoms with Crippen molar-refractivity contribution in [1.29, 1.82) is 0 Å². The Morgan fingerprint density at radius 3 is 1.72 bits per heavy atom. The molecule has 3 nitrogen and oxygen atoms in total. The molecular formula is C22H20O3. The van der Waals surface area contributed by atoms with Gasteiger partial charge >= 0.3 is 0 Å². The van der Waals surface area contributed by atoms with Crippen LogP contribution in [0.3, 0.4) is 0 Å². The summed E-state index contributed by atoms with van der Waals surface area (Å²) in [5.74, 6) is 1.62. The number of hydrogen-bond acceptors (Lipinski definition) is 3.